The van der Waals surface area contributed by atoms with Crippen LogP contribution in [0, 0.1) is 17.8 Å². The van der Waals surface area contributed by atoms with Crippen molar-refractivity contribution in [3.05, 3.63) is 29.3 Å². The summed E-state index contributed by atoms with van der Waals surface area (Å²) >= 11 is 0. The molecule has 1 amide bonds. The van der Waals surface area contributed by atoms with E-state index in [2.05, 4.69) is 43.7 Å². The Balaban J connectivity index is 0. The highest BCUT2D eigenvalue weighted by Gasteiger charge is 2.27. The first-order chi connectivity index (χ1) is 15.2. The van der Waals surface area contributed by atoms with Gasteiger partial charge in [-0.15, -0.1) is 6.42 Å². The topological polar surface area (TPSA) is 151 Å². The molecule has 0 aliphatic carbocycles. The van der Waals surface area contributed by atoms with Crippen molar-refractivity contribution in [1.29, 1.82) is 0 Å². The number of aliphatic hydroxyl groups is 2. The third-order valence-electron chi connectivity index (χ3n) is 4.15. The molecule has 9 nitrogen and oxygen atoms in total. The van der Waals surface area contributed by atoms with Crippen LogP contribution in [0.3, 0.4) is 0 Å². The maximum Gasteiger partial charge on any atom is 0.223 e. The van der Waals surface area contributed by atoms with Gasteiger partial charge in [0.05, 0.1) is 12.7 Å². The van der Waals surface area contributed by atoms with E-state index in [1.807, 2.05) is 32.0 Å². The SMILES string of the molecule is C#Cc1ccc(CNC)c(OCCO)c1.C=O.CC(C)(C)CC(=O)N1CCC(O)C1.NN. The van der Waals surface area contributed by atoms with Crippen molar-refractivity contribution in [2.24, 2.45) is 17.1 Å². The highest BCUT2D eigenvalue weighted by Crippen LogP contribution is 2.22. The number of hydrogen-bond acceptors (Lipinski definition) is 8. The maximum atomic E-state index is 11.6. The summed E-state index contributed by atoms with van der Waals surface area (Å²) in [7, 11) is 1.87. The first-order valence-electron chi connectivity index (χ1n) is 10.3. The zero-order valence-corrected chi connectivity index (χ0v) is 19.8. The summed E-state index contributed by atoms with van der Waals surface area (Å²) in [5, 5.41) is 21.0. The standard InChI is InChI=1S/C12H15NO2.C10H19NO2.CH2O.H4N2/c1-3-10-4-5-11(9-13-2)12(8-10)15-7-6-14;1-10(2,3)6-9(13)11-5-4-8(12)7-11;2*1-2/h1,4-5,8,13-14H,6-7,9H2,2H3;8,12H,4-7H2,1-3H3;1H2;1-2H2. The molecule has 1 atom stereocenters. The van der Waals surface area contributed by atoms with Crippen LogP contribution < -0.4 is 21.7 Å². The molecule has 2 rings (SSSR count). The number of ether oxygens (including phenoxy) is 1. The second-order valence-electron chi connectivity index (χ2n) is 8.09. The fourth-order valence-corrected chi connectivity index (χ4v) is 2.80. The molecule has 0 spiro atoms. The average Bonchev–Trinajstić information content (AvgIpc) is 3.22. The molecule has 0 saturated carbocycles. The molecule has 1 aromatic carbocycles. The summed E-state index contributed by atoms with van der Waals surface area (Å²) in [6, 6.07) is 5.61. The summed E-state index contributed by atoms with van der Waals surface area (Å²) in [5.74, 6) is 11.5. The Labute approximate surface area is 192 Å². The summed E-state index contributed by atoms with van der Waals surface area (Å²) < 4.78 is 5.40. The number of carbonyl (C=O) groups excluding carboxylic acids is 2. The van der Waals surface area contributed by atoms with E-state index < -0.39 is 0 Å². The molecule has 0 bridgehead atoms. The van der Waals surface area contributed by atoms with Crippen molar-refractivity contribution in [1.82, 2.24) is 10.2 Å². The van der Waals surface area contributed by atoms with E-state index in [1.165, 1.54) is 0 Å². The Bertz CT molecular complexity index is 686. The van der Waals surface area contributed by atoms with E-state index in [9.17, 15) is 9.90 Å². The van der Waals surface area contributed by atoms with Crippen LogP contribution in [0.25, 0.3) is 0 Å². The summed E-state index contributed by atoms with van der Waals surface area (Å²) in [6.45, 7) is 10.4. The molecule has 0 radical (unpaired) electrons. The number of nitrogens with zero attached hydrogens (tertiary/aromatic N) is 1. The lowest BCUT2D eigenvalue weighted by atomic mass is 9.92. The predicted molar refractivity (Wildman–Crippen MR) is 126 cm³/mol. The number of likely N-dealkylation sites (tertiary alicyclic amines) is 1. The van der Waals surface area contributed by atoms with Gasteiger partial charge in [-0.3, -0.25) is 16.5 Å². The number of benzene rings is 1. The zero-order valence-electron chi connectivity index (χ0n) is 19.8. The van der Waals surface area contributed by atoms with Crippen molar-refractivity contribution >= 4 is 12.7 Å². The number of hydrogen-bond donors (Lipinski definition) is 5. The van der Waals surface area contributed by atoms with E-state index in [4.69, 9.17) is 21.1 Å². The number of hydrazine groups is 1. The fourth-order valence-electron chi connectivity index (χ4n) is 2.80. The van der Waals surface area contributed by atoms with Crippen LogP contribution in [0.1, 0.15) is 44.7 Å². The van der Waals surface area contributed by atoms with Crippen LogP contribution in [0.2, 0.25) is 0 Å². The number of nitrogens with one attached hydrogen (secondary N) is 1. The van der Waals surface area contributed by atoms with Crippen molar-refractivity contribution < 1.29 is 24.5 Å². The minimum atomic E-state index is -0.302. The van der Waals surface area contributed by atoms with Gasteiger partial charge in [-0.1, -0.05) is 32.8 Å². The molecule has 182 valence electrons. The molecule has 1 aromatic rings. The van der Waals surface area contributed by atoms with Crippen LogP contribution in [0.5, 0.6) is 5.75 Å². The van der Waals surface area contributed by atoms with Gasteiger partial charge in [0.2, 0.25) is 5.91 Å². The van der Waals surface area contributed by atoms with Crippen LogP contribution >= 0.6 is 0 Å². The lowest BCUT2D eigenvalue weighted by molar-refractivity contribution is -0.132. The number of aliphatic hydroxyl groups excluding tert-OH is 2. The molecule has 1 fully saturated rings. The van der Waals surface area contributed by atoms with Crippen LogP contribution in [-0.2, 0) is 16.1 Å². The number of β-amino-alcohol motifs (C(OH)–C–C–N with tert-alkyl or cyclic N) is 1. The van der Waals surface area contributed by atoms with E-state index in [1.54, 1.807) is 4.90 Å². The first-order valence-corrected chi connectivity index (χ1v) is 10.3. The Morgan fingerprint density at radius 1 is 1.38 bits per heavy atom. The molecule has 32 heavy (non-hydrogen) atoms. The number of rotatable bonds is 6. The van der Waals surface area contributed by atoms with Crippen molar-refractivity contribution in [3.8, 4) is 18.1 Å². The van der Waals surface area contributed by atoms with Gasteiger partial charge in [0.15, 0.2) is 0 Å². The quantitative estimate of drug-likeness (QED) is 0.236. The van der Waals surface area contributed by atoms with Gasteiger partial charge >= 0.3 is 0 Å². The highest BCUT2D eigenvalue weighted by molar-refractivity contribution is 5.77. The molecule has 9 heteroatoms. The van der Waals surface area contributed by atoms with E-state index >= 15 is 0 Å². The summed E-state index contributed by atoms with van der Waals surface area (Å²) in [5.41, 5.74) is 1.86. The van der Waals surface area contributed by atoms with E-state index in [0.717, 1.165) is 29.8 Å². The van der Waals surface area contributed by atoms with Gasteiger partial charge in [-0.05, 0) is 31.0 Å². The fraction of sp³-hybridized carbons (Fsp3) is 0.565. The summed E-state index contributed by atoms with van der Waals surface area (Å²) in [6.07, 6.45) is 6.30. The number of carbonyl (C=O) groups is 2. The van der Waals surface area contributed by atoms with Crippen LogP contribution in [0.4, 0.5) is 0 Å². The van der Waals surface area contributed by atoms with Gasteiger partial charge in [0, 0.05) is 37.2 Å². The molecule has 1 heterocycles. The van der Waals surface area contributed by atoms with E-state index in [-0.39, 0.29) is 30.6 Å². The second-order valence-corrected chi connectivity index (χ2v) is 8.09. The zero-order chi connectivity index (χ0) is 25.2. The normalized spacial score (nSPS) is 14.5. The van der Waals surface area contributed by atoms with Gasteiger partial charge in [0.25, 0.3) is 0 Å². The van der Waals surface area contributed by atoms with Crippen molar-refractivity contribution in [2.75, 3.05) is 33.4 Å². The lowest BCUT2D eigenvalue weighted by Crippen LogP contribution is -2.32. The average molecular weight is 453 g/mol. The number of nitrogens with two attached hydrogens (primary N) is 2. The van der Waals surface area contributed by atoms with Gasteiger partial charge in [-0.25, -0.2) is 0 Å². The molecule has 0 aromatic heterocycles. The van der Waals surface area contributed by atoms with Crippen LogP contribution in [0.15, 0.2) is 18.2 Å². The second kappa shape index (κ2) is 18.1. The number of terminal acetylenes is 1. The smallest absolute Gasteiger partial charge is 0.223 e. The van der Waals surface area contributed by atoms with Gasteiger partial charge in [0.1, 0.15) is 19.1 Å². The number of amides is 1. The largest absolute Gasteiger partial charge is 0.491 e. The van der Waals surface area contributed by atoms with Gasteiger partial charge in [-0.2, -0.15) is 0 Å². The Morgan fingerprint density at radius 2 is 2.00 bits per heavy atom. The minimum absolute atomic E-state index is 0.000719. The molecule has 7 N–H and O–H groups in total. The molecule has 1 aliphatic rings. The summed E-state index contributed by atoms with van der Waals surface area (Å²) in [4.78, 5) is 21.4. The minimum Gasteiger partial charge on any atom is -0.491 e. The molecule has 1 saturated heterocycles. The van der Waals surface area contributed by atoms with Gasteiger partial charge < -0.3 is 30.0 Å². The maximum absolute atomic E-state index is 11.6. The highest BCUT2D eigenvalue weighted by atomic mass is 16.5. The lowest BCUT2D eigenvalue weighted by Gasteiger charge is -2.22. The van der Waals surface area contributed by atoms with Crippen LogP contribution in [-0.4, -0.2) is 67.3 Å². The monoisotopic (exact) mass is 452 g/mol. The van der Waals surface area contributed by atoms with Crippen molar-refractivity contribution in [2.45, 2.75) is 46.3 Å². The Kier molecular flexibility index (Phi) is 18.0. The molecular weight excluding hydrogens is 412 g/mol. The molecule has 1 aliphatic heterocycles. The first kappa shape index (κ1) is 31.7. The molecule has 1 unspecified atom stereocenters. The predicted octanol–water partition coefficient (Wildman–Crippen LogP) is 0.408. The molecular formula is C23H40N4O5. The Morgan fingerprint density at radius 3 is 2.44 bits per heavy atom. The Hall–Kier alpha value is -2.48. The third-order valence-corrected chi connectivity index (χ3v) is 4.15. The third kappa shape index (κ3) is 13.7. The van der Waals surface area contributed by atoms with E-state index in [0.29, 0.717) is 19.5 Å². The van der Waals surface area contributed by atoms with Crippen molar-refractivity contribution in [3.63, 3.8) is 0 Å².